The summed E-state index contributed by atoms with van der Waals surface area (Å²) in [6.07, 6.45) is 1.77. The number of aliphatic carboxylic acids is 1. The highest BCUT2D eigenvalue weighted by Crippen LogP contribution is 2.21. The Morgan fingerprint density at radius 1 is 1.32 bits per heavy atom. The van der Waals surface area contributed by atoms with Crippen molar-refractivity contribution >= 4 is 17.6 Å². The predicted molar refractivity (Wildman–Crippen MR) is 72.3 cm³/mol. The number of benzene rings is 1. The predicted octanol–water partition coefficient (Wildman–Crippen LogP) is 2.85. The summed E-state index contributed by atoms with van der Waals surface area (Å²) in [6, 6.07) is 8.86. The zero-order valence-electron chi connectivity index (χ0n) is 10.4. The zero-order valence-corrected chi connectivity index (χ0v) is 11.1. The highest BCUT2D eigenvalue weighted by Gasteiger charge is 2.22. The molecule has 0 radical (unpaired) electrons. The van der Waals surface area contributed by atoms with Crippen LogP contribution in [0.5, 0.6) is 0 Å². The Morgan fingerprint density at radius 3 is 2.58 bits per heavy atom. The molecule has 0 spiro atoms. The normalized spacial score (nSPS) is 12.1. The molecule has 1 N–H and O–H groups in total. The molecule has 0 aliphatic carbocycles. The summed E-state index contributed by atoms with van der Waals surface area (Å²) >= 11 is 5.81. The van der Waals surface area contributed by atoms with Gasteiger partial charge in [-0.15, -0.1) is 0 Å². The van der Waals surface area contributed by atoms with E-state index < -0.39 is 11.9 Å². The number of aryl methyl sites for hydroxylation is 1. The second kappa shape index (κ2) is 5.80. The van der Waals surface area contributed by atoms with E-state index in [1.807, 2.05) is 19.1 Å². The molecule has 1 aromatic carbocycles. The third kappa shape index (κ3) is 3.51. The van der Waals surface area contributed by atoms with Crippen LogP contribution < -0.4 is 0 Å². The van der Waals surface area contributed by atoms with Crippen LogP contribution in [0.15, 0.2) is 36.7 Å². The second-order valence-corrected chi connectivity index (χ2v) is 4.74. The Labute approximate surface area is 116 Å². The van der Waals surface area contributed by atoms with Gasteiger partial charge in [0.1, 0.15) is 12.2 Å². The summed E-state index contributed by atoms with van der Waals surface area (Å²) in [5.74, 6) is -1.57. The smallest absolute Gasteiger partial charge is 0.312 e. The maximum absolute atomic E-state index is 11.4. The van der Waals surface area contributed by atoms with Crippen molar-refractivity contribution in [2.45, 2.75) is 19.3 Å². The molecule has 19 heavy (non-hydrogen) atoms. The lowest BCUT2D eigenvalue weighted by atomic mass is 9.96. The Balaban J connectivity index is 2.26. The first-order chi connectivity index (χ1) is 9.06. The van der Waals surface area contributed by atoms with Crippen LogP contribution in [-0.4, -0.2) is 21.0 Å². The van der Waals surface area contributed by atoms with Gasteiger partial charge < -0.3 is 5.11 Å². The summed E-state index contributed by atoms with van der Waals surface area (Å²) in [6.45, 7) is 1.81. The number of hydrogen-bond acceptors (Lipinski definition) is 3. The van der Waals surface area contributed by atoms with E-state index in [1.165, 1.54) is 6.33 Å². The van der Waals surface area contributed by atoms with Gasteiger partial charge in [-0.1, -0.05) is 23.7 Å². The van der Waals surface area contributed by atoms with Crippen LogP contribution in [0, 0.1) is 6.92 Å². The van der Waals surface area contributed by atoms with Crippen molar-refractivity contribution in [3.63, 3.8) is 0 Å². The molecule has 0 saturated heterocycles. The maximum Gasteiger partial charge on any atom is 0.312 e. The molecule has 0 bridgehead atoms. The average Bonchev–Trinajstić information content (AvgIpc) is 2.37. The Morgan fingerprint density at radius 2 is 2.00 bits per heavy atom. The van der Waals surface area contributed by atoms with Gasteiger partial charge in [0.25, 0.3) is 0 Å². The summed E-state index contributed by atoms with van der Waals surface area (Å²) in [4.78, 5) is 19.4. The van der Waals surface area contributed by atoms with Gasteiger partial charge >= 0.3 is 5.97 Å². The summed E-state index contributed by atoms with van der Waals surface area (Å²) < 4.78 is 0. The number of carbonyl (C=O) groups is 1. The Hall–Kier alpha value is -1.94. The van der Waals surface area contributed by atoms with E-state index in [2.05, 4.69) is 9.97 Å². The highest BCUT2D eigenvalue weighted by atomic mass is 35.5. The molecule has 0 amide bonds. The molecule has 4 nitrogen and oxygen atoms in total. The standard InChI is InChI=1S/C14H13ClN2O2/c1-9-6-13(17-8-16-9)12(14(18)19)7-10-2-4-11(15)5-3-10/h2-6,8,12H,7H2,1H3,(H,18,19). The first kappa shape index (κ1) is 13.5. The van der Waals surface area contributed by atoms with Crippen molar-refractivity contribution in [1.82, 2.24) is 9.97 Å². The molecular formula is C14H13ClN2O2. The van der Waals surface area contributed by atoms with Crippen LogP contribution in [0.3, 0.4) is 0 Å². The summed E-state index contributed by atoms with van der Waals surface area (Å²) in [7, 11) is 0. The lowest BCUT2D eigenvalue weighted by Crippen LogP contribution is -2.16. The van der Waals surface area contributed by atoms with Crippen molar-refractivity contribution in [2.24, 2.45) is 0 Å². The van der Waals surface area contributed by atoms with E-state index in [0.29, 0.717) is 17.1 Å². The van der Waals surface area contributed by atoms with Crippen molar-refractivity contribution in [3.8, 4) is 0 Å². The number of carboxylic acids is 1. The van der Waals surface area contributed by atoms with Crippen molar-refractivity contribution in [1.29, 1.82) is 0 Å². The fourth-order valence-electron chi connectivity index (χ4n) is 1.84. The van der Waals surface area contributed by atoms with Crippen LogP contribution in [-0.2, 0) is 11.2 Å². The molecule has 0 aliphatic heterocycles. The van der Waals surface area contributed by atoms with E-state index in [1.54, 1.807) is 18.2 Å². The maximum atomic E-state index is 11.4. The lowest BCUT2D eigenvalue weighted by molar-refractivity contribution is -0.138. The minimum absolute atomic E-state index is 0.378. The first-order valence-electron chi connectivity index (χ1n) is 5.82. The lowest BCUT2D eigenvalue weighted by Gasteiger charge is -2.12. The molecule has 1 heterocycles. The molecule has 2 rings (SSSR count). The fraction of sp³-hybridized carbons (Fsp3) is 0.214. The monoisotopic (exact) mass is 276 g/mol. The first-order valence-corrected chi connectivity index (χ1v) is 6.20. The van der Waals surface area contributed by atoms with E-state index in [-0.39, 0.29) is 0 Å². The van der Waals surface area contributed by atoms with Gasteiger partial charge in [0.05, 0.1) is 5.69 Å². The van der Waals surface area contributed by atoms with Crippen LogP contribution in [0.1, 0.15) is 22.9 Å². The SMILES string of the molecule is Cc1cc(C(Cc2ccc(Cl)cc2)C(=O)O)ncn1. The third-order valence-corrected chi connectivity index (χ3v) is 3.09. The summed E-state index contributed by atoms with van der Waals surface area (Å²) in [5.41, 5.74) is 2.19. The van der Waals surface area contributed by atoms with Gasteiger partial charge in [-0.3, -0.25) is 4.79 Å². The zero-order chi connectivity index (χ0) is 13.8. The van der Waals surface area contributed by atoms with Gasteiger partial charge in [-0.25, -0.2) is 9.97 Å². The van der Waals surface area contributed by atoms with Crippen LogP contribution in [0.4, 0.5) is 0 Å². The van der Waals surface area contributed by atoms with Crippen molar-refractivity contribution in [3.05, 3.63) is 58.6 Å². The topological polar surface area (TPSA) is 63.1 Å². The Bertz CT molecular complexity index is 584. The number of nitrogens with zero attached hydrogens (tertiary/aromatic N) is 2. The van der Waals surface area contributed by atoms with E-state index in [0.717, 1.165) is 11.3 Å². The minimum Gasteiger partial charge on any atom is -0.481 e. The van der Waals surface area contributed by atoms with Gasteiger partial charge in [0.15, 0.2) is 0 Å². The van der Waals surface area contributed by atoms with Crippen molar-refractivity contribution in [2.75, 3.05) is 0 Å². The van der Waals surface area contributed by atoms with Crippen LogP contribution in [0.25, 0.3) is 0 Å². The van der Waals surface area contributed by atoms with E-state index in [9.17, 15) is 9.90 Å². The van der Waals surface area contributed by atoms with Crippen LogP contribution in [0.2, 0.25) is 5.02 Å². The largest absolute Gasteiger partial charge is 0.481 e. The van der Waals surface area contributed by atoms with Crippen molar-refractivity contribution < 1.29 is 9.90 Å². The molecule has 1 aromatic heterocycles. The third-order valence-electron chi connectivity index (χ3n) is 2.83. The molecule has 1 unspecified atom stereocenters. The number of rotatable bonds is 4. The number of carboxylic acid groups (broad SMARTS) is 1. The molecule has 98 valence electrons. The van der Waals surface area contributed by atoms with E-state index >= 15 is 0 Å². The average molecular weight is 277 g/mol. The van der Waals surface area contributed by atoms with Crippen LogP contribution >= 0.6 is 11.6 Å². The fourth-order valence-corrected chi connectivity index (χ4v) is 1.97. The molecule has 0 fully saturated rings. The molecule has 0 aliphatic rings. The molecular weight excluding hydrogens is 264 g/mol. The number of aromatic nitrogens is 2. The Kier molecular flexibility index (Phi) is 4.12. The second-order valence-electron chi connectivity index (χ2n) is 4.31. The number of hydrogen-bond donors (Lipinski definition) is 1. The molecule has 1 atom stereocenters. The van der Waals surface area contributed by atoms with Gasteiger partial charge in [-0.2, -0.15) is 0 Å². The van der Waals surface area contributed by atoms with Gasteiger partial charge in [-0.05, 0) is 37.1 Å². The number of halogens is 1. The quantitative estimate of drug-likeness (QED) is 0.933. The van der Waals surface area contributed by atoms with E-state index in [4.69, 9.17) is 11.6 Å². The van der Waals surface area contributed by atoms with Gasteiger partial charge in [0.2, 0.25) is 0 Å². The molecule has 0 saturated carbocycles. The summed E-state index contributed by atoms with van der Waals surface area (Å²) in [5, 5.41) is 9.98. The van der Waals surface area contributed by atoms with Gasteiger partial charge in [0, 0.05) is 10.7 Å². The molecule has 5 heteroatoms. The molecule has 2 aromatic rings. The highest BCUT2D eigenvalue weighted by molar-refractivity contribution is 6.30. The minimum atomic E-state index is -0.895.